The molecule has 1 nitrogen and oxygen atoms in total. The minimum Gasteiger partial charge on any atom is -0.330 e. The van der Waals surface area contributed by atoms with E-state index >= 15 is 0 Å². The summed E-state index contributed by atoms with van der Waals surface area (Å²) in [5, 5.41) is 0. The van der Waals surface area contributed by atoms with Gasteiger partial charge in [-0.2, -0.15) is 0 Å². The molecular formula is C11H23N. The van der Waals surface area contributed by atoms with Crippen LogP contribution in [-0.4, -0.2) is 6.54 Å². The van der Waals surface area contributed by atoms with Crippen molar-refractivity contribution < 1.29 is 0 Å². The first kappa shape index (κ1) is 10.0. The number of nitrogens with two attached hydrogens (primary N) is 1. The predicted octanol–water partition coefficient (Wildman–Crippen LogP) is 2.65. The third kappa shape index (κ3) is 2.22. The molecule has 0 aromatic rings. The van der Waals surface area contributed by atoms with Crippen LogP contribution in [0.1, 0.15) is 40.0 Å². The molecule has 1 fully saturated rings. The fourth-order valence-corrected chi connectivity index (χ4v) is 2.67. The minimum atomic E-state index is 0.800. The third-order valence-corrected chi connectivity index (χ3v) is 3.46. The van der Waals surface area contributed by atoms with Crippen LogP contribution in [0, 0.1) is 23.7 Å². The molecule has 0 heterocycles. The zero-order valence-corrected chi connectivity index (χ0v) is 8.72. The Bertz CT molecular complexity index is 131. The minimum absolute atomic E-state index is 0.800. The Labute approximate surface area is 76.7 Å². The molecule has 1 aliphatic rings. The highest BCUT2D eigenvalue weighted by molar-refractivity contribution is 4.80. The topological polar surface area (TPSA) is 26.0 Å². The van der Waals surface area contributed by atoms with E-state index in [0.29, 0.717) is 0 Å². The van der Waals surface area contributed by atoms with E-state index in [1.54, 1.807) is 0 Å². The summed E-state index contributed by atoms with van der Waals surface area (Å²) in [6, 6.07) is 0. The zero-order chi connectivity index (χ0) is 9.14. The van der Waals surface area contributed by atoms with Gasteiger partial charge >= 0.3 is 0 Å². The van der Waals surface area contributed by atoms with Crippen molar-refractivity contribution in [2.45, 2.75) is 40.0 Å². The van der Waals surface area contributed by atoms with Crippen LogP contribution in [0.25, 0.3) is 0 Å². The largest absolute Gasteiger partial charge is 0.330 e. The maximum Gasteiger partial charge on any atom is -0.00460 e. The Morgan fingerprint density at radius 2 is 2.00 bits per heavy atom. The Balaban J connectivity index is 2.50. The van der Waals surface area contributed by atoms with Gasteiger partial charge in [-0.05, 0) is 43.1 Å². The van der Waals surface area contributed by atoms with Gasteiger partial charge in [0.05, 0.1) is 0 Å². The Hall–Kier alpha value is -0.0400. The van der Waals surface area contributed by atoms with E-state index in [9.17, 15) is 0 Å². The highest BCUT2D eigenvalue weighted by Gasteiger charge is 2.29. The molecule has 0 saturated heterocycles. The van der Waals surface area contributed by atoms with Gasteiger partial charge in [0.2, 0.25) is 0 Å². The monoisotopic (exact) mass is 169 g/mol. The first-order valence-corrected chi connectivity index (χ1v) is 5.35. The van der Waals surface area contributed by atoms with E-state index in [1.807, 2.05) is 0 Å². The number of hydrogen-bond donors (Lipinski definition) is 1. The van der Waals surface area contributed by atoms with Crippen LogP contribution >= 0.6 is 0 Å². The van der Waals surface area contributed by atoms with Crippen molar-refractivity contribution in [1.29, 1.82) is 0 Å². The molecule has 0 amide bonds. The summed E-state index contributed by atoms with van der Waals surface area (Å²) < 4.78 is 0. The SMILES string of the molecule is CC(C)[C@@H]1CC[C@H](C)C[C@@H]1CN. The van der Waals surface area contributed by atoms with Gasteiger partial charge in [0, 0.05) is 0 Å². The van der Waals surface area contributed by atoms with E-state index in [1.165, 1.54) is 19.3 Å². The van der Waals surface area contributed by atoms with Crippen molar-refractivity contribution in [3.63, 3.8) is 0 Å². The van der Waals surface area contributed by atoms with Gasteiger partial charge in [0.1, 0.15) is 0 Å². The average molecular weight is 169 g/mol. The Morgan fingerprint density at radius 1 is 1.33 bits per heavy atom. The standard InChI is InChI=1S/C11H23N/c1-8(2)11-5-4-9(3)6-10(11)7-12/h8-11H,4-7,12H2,1-3H3/t9-,10+,11-/m0/s1. The Kier molecular flexibility index (Phi) is 3.57. The molecular weight excluding hydrogens is 146 g/mol. The average Bonchev–Trinajstić information content (AvgIpc) is 2.03. The summed E-state index contributed by atoms with van der Waals surface area (Å²) in [7, 11) is 0. The molecule has 0 aromatic carbocycles. The number of hydrogen-bond acceptors (Lipinski definition) is 1. The van der Waals surface area contributed by atoms with Gasteiger partial charge < -0.3 is 5.73 Å². The highest BCUT2D eigenvalue weighted by Crippen LogP contribution is 2.37. The van der Waals surface area contributed by atoms with Crippen molar-refractivity contribution in [3.8, 4) is 0 Å². The molecule has 72 valence electrons. The van der Waals surface area contributed by atoms with E-state index in [4.69, 9.17) is 5.73 Å². The van der Waals surface area contributed by atoms with Gasteiger partial charge in [-0.1, -0.05) is 27.2 Å². The second kappa shape index (κ2) is 4.27. The fraction of sp³-hybridized carbons (Fsp3) is 1.00. The molecule has 1 aliphatic carbocycles. The van der Waals surface area contributed by atoms with Crippen LogP contribution < -0.4 is 5.73 Å². The predicted molar refractivity (Wildman–Crippen MR) is 53.9 cm³/mol. The molecule has 0 radical (unpaired) electrons. The van der Waals surface area contributed by atoms with Gasteiger partial charge in [0.15, 0.2) is 0 Å². The van der Waals surface area contributed by atoms with Crippen LogP contribution in [0.3, 0.4) is 0 Å². The second-order valence-electron chi connectivity index (χ2n) is 4.82. The van der Waals surface area contributed by atoms with Crippen LogP contribution in [-0.2, 0) is 0 Å². The maximum atomic E-state index is 5.79. The van der Waals surface area contributed by atoms with E-state index in [0.717, 1.165) is 30.2 Å². The first-order valence-electron chi connectivity index (χ1n) is 5.35. The molecule has 1 rings (SSSR count). The lowest BCUT2D eigenvalue weighted by atomic mass is 9.70. The molecule has 0 aliphatic heterocycles. The van der Waals surface area contributed by atoms with Gasteiger partial charge in [0.25, 0.3) is 0 Å². The van der Waals surface area contributed by atoms with Gasteiger partial charge in [-0.15, -0.1) is 0 Å². The third-order valence-electron chi connectivity index (χ3n) is 3.46. The molecule has 0 spiro atoms. The van der Waals surface area contributed by atoms with Crippen LogP contribution in [0.5, 0.6) is 0 Å². The van der Waals surface area contributed by atoms with Gasteiger partial charge in [-0.3, -0.25) is 0 Å². The summed E-state index contributed by atoms with van der Waals surface area (Å²) in [6.45, 7) is 7.93. The molecule has 0 aromatic heterocycles. The van der Waals surface area contributed by atoms with E-state index in [2.05, 4.69) is 20.8 Å². The van der Waals surface area contributed by atoms with E-state index < -0.39 is 0 Å². The maximum absolute atomic E-state index is 5.79. The summed E-state index contributed by atoms with van der Waals surface area (Å²) >= 11 is 0. The molecule has 0 bridgehead atoms. The number of rotatable bonds is 2. The molecule has 1 saturated carbocycles. The van der Waals surface area contributed by atoms with Crippen LogP contribution in [0.4, 0.5) is 0 Å². The molecule has 3 atom stereocenters. The highest BCUT2D eigenvalue weighted by atomic mass is 14.6. The molecule has 1 heteroatoms. The van der Waals surface area contributed by atoms with Crippen molar-refractivity contribution in [3.05, 3.63) is 0 Å². The second-order valence-corrected chi connectivity index (χ2v) is 4.82. The molecule has 12 heavy (non-hydrogen) atoms. The summed E-state index contributed by atoms with van der Waals surface area (Å²) in [5.74, 6) is 3.43. The summed E-state index contributed by atoms with van der Waals surface area (Å²) in [5.41, 5.74) is 5.79. The zero-order valence-electron chi connectivity index (χ0n) is 8.72. The van der Waals surface area contributed by atoms with Gasteiger partial charge in [-0.25, -0.2) is 0 Å². The van der Waals surface area contributed by atoms with Crippen molar-refractivity contribution in [1.82, 2.24) is 0 Å². The van der Waals surface area contributed by atoms with Crippen LogP contribution in [0.2, 0.25) is 0 Å². The first-order chi connectivity index (χ1) is 5.65. The van der Waals surface area contributed by atoms with E-state index in [-0.39, 0.29) is 0 Å². The summed E-state index contributed by atoms with van der Waals surface area (Å²) in [4.78, 5) is 0. The van der Waals surface area contributed by atoms with Crippen molar-refractivity contribution in [2.75, 3.05) is 6.54 Å². The lowest BCUT2D eigenvalue weighted by Gasteiger charge is -2.36. The van der Waals surface area contributed by atoms with Crippen molar-refractivity contribution in [2.24, 2.45) is 29.4 Å². The lowest BCUT2D eigenvalue weighted by Crippen LogP contribution is -2.32. The van der Waals surface area contributed by atoms with Crippen molar-refractivity contribution >= 4 is 0 Å². The summed E-state index contributed by atoms with van der Waals surface area (Å²) in [6.07, 6.45) is 4.18. The molecule has 2 N–H and O–H groups in total. The lowest BCUT2D eigenvalue weighted by molar-refractivity contribution is 0.150. The van der Waals surface area contributed by atoms with Crippen LogP contribution in [0.15, 0.2) is 0 Å². The quantitative estimate of drug-likeness (QED) is 0.675. The normalized spacial score (nSPS) is 37.2. The fourth-order valence-electron chi connectivity index (χ4n) is 2.67. The smallest absolute Gasteiger partial charge is 0.00460 e. The molecule has 0 unspecified atom stereocenters. The Morgan fingerprint density at radius 3 is 2.50 bits per heavy atom.